The molecule has 0 heterocycles. The van der Waals surface area contributed by atoms with E-state index in [0.717, 1.165) is 11.8 Å². The molecule has 0 radical (unpaired) electrons. The molecule has 0 amide bonds. The van der Waals surface area contributed by atoms with Crippen LogP contribution < -0.4 is 5.32 Å². The zero-order chi connectivity index (χ0) is 14.8. The summed E-state index contributed by atoms with van der Waals surface area (Å²) < 4.78 is 13.3. The lowest BCUT2D eigenvalue weighted by Gasteiger charge is -2.43. The number of benzene rings is 1. The molecule has 2 fully saturated rings. The van der Waals surface area contributed by atoms with Gasteiger partial charge in [-0.1, -0.05) is 38.8 Å². The van der Waals surface area contributed by atoms with Crippen LogP contribution in [0.4, 0.5) is 4.39 Å². The third-order valence-corrected chi connectivity index (χ3v) is 5.58. The first-order valence-electron chi connectivity index (χ1n) is 8.65. The van der Waals surface area contributed by atoms with Crippen molar-refractivity contribution >= 4 is 0 Å². The second kappa shape index (κ2) is 6.48. The fourth-order valence-electron chi connectivity index (χ4n) is 4.25. The zero-order valence-electron chi connectivity index (χ0n) is 13.3. The standard InChI is InChI=1S/C19H28FN/c1-13(2)18-8-3-4-9-19(18)21-17-11-15(12-17)14-6-5-7-16(20)10-14/h5-7,10,13,15,17-19,21H,3-4,8-9,11-12H2,1-2H3. The lowest BCUT2D eigenvalue weighted by Crippen LogP contribution is -2.50. The topological polar surface area (TPSA) is 12.0 Å². The van der Waals surface area contributed by atoms with Gasteiger partial charge in [0.25, 0.3) is 0 Å². The van der Waals surface area contributed by atoms with Gasteiger partial charge in [0.15, 0.2) is 0 Å². The van der Waals surface area contributed by atoms with Gasteiger partial charge < -0.3 is 5.32 Å². The van der Waals surface area contributed by atoms with Crippen molar-refractivity contribution in [1.29, 1.82) is 0 Å². The van der Waals surface area contributed by atoms with Crippen molar-refractivity contribution < 1.29 is 4.39 Å². The predicted octanol–water partition coefficient (Wildman–Crippen LogP) is 4.88. The van der Waals surface area contributed by atoms with Gasteiger partial charge in [0.05, 0.1) is 0 Å². The van der Waals surface area contributed by atoms with E-state index in [-0.39, 0.29) is 5.82 Å². The first-order chi connectivity index (χ1) is 10.1. The van der Waals surface area contributed by atoms with E-state index >= 15 is 0 Å². The fourth-order valence-corrected chi connectivity index (χ4v) is 4.25. The van der Waals surface area contributed by atoms with Crippen molar-refractivity contribution in [2.24, 2.45) is 11.8 Å². The SMILES string of the molecule is CC(C)C1CCCCC1NC1CC(c2cccc(F)c2)C1. The molecule has 1 N–H and O–H groups in total. The molecule has 2 unspecified atom stereocenters. The Morgan fingerprint density at radius 3 is 2.62 bits per heavy atom. The van der Waals surface area contributed by atoms with Crippen LogP contribution in [0, 0.1) is 17.7 Å². The molecule has 0 saturated heterocycles. The van der Waals surface area contributed by atoms with Crippen LogP contribution in [-0.4, -0.2) is 12.1 Å². The second-order valence-electron chi connectivity index (χ2n) is 7.39. The lowest BCUT2D eigenvalue weighted by molar-refractivity contribution is 0.160. The Morgan fingerprint density at radius 1 is 1.14 bits per heavy atom. The molecule has 1 aromatic rings. The van der Waals surface area contributed by atoms with E-state index in [9.17, 15) is 4.39 Å². The van der Waals surface area contributed by atoms with E-state index in [1.54, 1.807) is 6.07 Å². The van der Waals surface area contributed by atoms with Crippen LogP contribution in [0.15, 0.2) is 24.3 Å². The minimum atomic E-state index is -0.101. The van der Waals surface area contributed by atoms with Crippen molar-refractivity contribution in [2.75, 3.05) is 0 Å². The van der Waals surface area contributed by atoms with Crippen molar-refractivity contribution in [3.05, 3.63) is 35.6 Å². The Hall–Kier alpha value is -0.890. The van der Waals surface area contributed by atoms with Crippen LogP contribution in [-0.2, 0) is 0 Å². The summed E-state index contributed by atoms with van der Waals surface area (Å²) in [6.45, 7) is 4.72. The van der Waals surface area contributed by atoms with Crippen LogP contribution >= 0.6 is 0 Å². The molecule has 21 heavy (non-hydrogen) atoms. The van der Waals surface area contributed by atoms with Crippen LogP contribution in [0.25, 0.3) is 0 Å². The quantitative estimate of drug-likeness (QED) is 0.833. The number of halogens is 1. The average Bonchev–Trinajstić information content (AvgIpc) is 2.42. The highest BCUT2D eigenvalue weighted by Crippen LogP contribution is 2.39. The third-order valence-electron chi connectivity index (χ3n) is 5.58. The number of hydrogen-bond acceptors (Lipinski definition) is 1. The first-order valence-corrected chi connectivity index (χ1v) is 8.65. The highest BCUT2D eigenvalue weighted by molar-refractivity contribution is 5.23. The third kappa shape index (κ3) is 3.48. The minimum Gasteiger partial charge on any atom is -0.311 e. The highest BCUT2D eigenvalue weighted by atomic mass is 19.1. The maximum atomic E-state index is 13.3. The van der Waals surface area contributed by atoms with E-state index < -0.39 is 0 Å². The Labute approximate surface area is 128 Å². The van der Waals surface area contributed by atoms with E-state index in [1.807, 2.05) is 6.07 Å². The monoisotopic (exact) mass is 289 g/mol. The van der Waals surface area contributed by atoms with Gasteiger partial charge in [-0.2, -0.15) is 0 Å². The maximum absolute atomic E-state index is 13.3. The van der Waals surface area contributed by atoms with Gasteiger partial charge in [0.2, 0.25) is 0 Å². The number of hydrogen-bond donors (Lipinski definition) is 1. The Kier molecular flexibility index (Phi) is 4.63. The summed E-state index contributed by atoms with van der Waals surface area (Å²) >= 11 is 0. The van der Waals surface area contributed by atoms with Gasteiger partial charge in [-0.05, 0) is 61.1 Å². The van der Waals surface area contributed by atoms with Crippen LogP contribution in [0.2, 0.25) is 0 Å². The largest absolute Gasteiger partial charge is 0.311 e. The molecule has 0 bridgehead atoms. The minimum absolute atomic E-state index is 0.101. The van der Waals surface area contributed by atoms with Crippen LogP contribution in [0.3, 0.4) is 0 Å². The number of rotatable bonds is 4. The predicted molar refractivity (Wildman–Crippen MR) is 85.9 cm³/mol. The summed E-state index contributed by atoms with van der Waals surface area (Å²) in [5, 5.41) is 3.91. The van der Waals surface area contributed by atoms with E-state index in [1.165, 1.54) is 50.2 Å². The molecule has 3 rings (SSSR count). The molecule has 116 valence electrons. The summed E-state index contributed by atoms with van der Waals surface area (Å²) in [7, 11) is 0. The van der Waals surface area contributed by atoms with Gasteiger partial charge >= 0.3 is 0 Å². The van der Waals surface area contributed by atoms with Crippen molar-refractivity contribution in [2.45, 2.75) is 70.4 Å². The van der Waals surface area contributed by atoms with Crippen LogP contribution in [0.1, 0.15) is 63.9 Å². The van der Waals surface area contributed by atoms with Crippen molar-refractivity contribution in [1.82, 2.24) is 5.32 Å². The van der Waals surface area contributed by atoms with Gasteiger partial charge in [-0.15, -0.1) is 0 Å². The van der Waals surface area contributed by atoms with E-state index in [0.29, 0.717) is 18.0 Å². The number of nitrogens with one attached hydrogen (secondary N) is 1. The van der Waals surface area contributed by atoms with Crippen molar-refractivity contribution in [3.8, 4) is 0 Å². The van der Waals surface area contributed by atoms with Gasteiger partial charge in [-0.3, -0.25) is 0 Å². The molecule has 0 spiro atoms. The Morgan fingerprint density at radius 2 is 1.90 bits per heavy atom. The van der Waals surface area contributed by atoms with Gasteiger partial charge in [0, 0.05) is 12.1 Å². The fraction of sp³-hybridized carbons (Fsp3) is 0.684. The Bertz CT molecular complexity index is 464. The summed E-state index contributed by atoms with van der Waals surface area (Å²) in [5.41, 5.74) is 1.18. The molecule has 0 aromatic heterocycles. The molecular formula is C19H28FN. The molecule has 2 atom stereocenters. The summed E-state index contributed by atoms with van der Waals surface area (Å²) in [6, 6.07) is 8.49. The molecular weight excluding hydrogens is 261 g/mol. The van der Waals surface area contributed by atoms with Gasteiger partial charge in [-0.25, -0.2) is 4.39 Å². The average molecular weight is 289 g/mol. The molecule has 2 saturated carbocycles. The smallest absolute Gasteiger partial charge is 0.123 e. The molecule has 1 aromatic carbocycles. The molecule has 1 nitrogen and oxygen atoms in total. The normalized spacial score (nSPS) is 33.0. The summed E-state index contributed by atoms with van der Waals surface area (Å²) in [6.07, 6.45) is 7.84. The molecule has 2 aliphatic rings. The lowest BCUT2D eigenvalue weighted by atomic mass is 9.73. The highest BCUT2D eigenvalue weighted by Gasteiger charge is 2.35. The van der Waals surface area contributed by atoms with E-state index in [2.05, 4.69) is 25.2 Å². The summed E-state index contributed by atoms with van der Waals surface area (Å²) in [5.74, 6) is 2.07. The molecule has 2 aliphatic carbocycles. The summed E-state index contributed by atoms with van der Waals surface area (Å²) in [4.78, 5) is 0. The van der Waals surface area contributed by atoms with Crippen molar-refractivity contribution in [3.63, 3.8) is 0 Å². The van der Waals surface area contributed by atoms with Crippen LogP contribution in [0.5, 0.6) is 0 Å². The maximum Gasteiger partial charge on any atom is 0.123 e. The van der Waals surface area contributed by atoms with Gasteiger partial charge in [0.1, 0.15) is 5.82 Å². The second-order valence-corrected chi connectivity index (χ2v) is 7.39. The molecule has 0 aliphatic heterocycles. The Balaban J connectivity index is 1.52. The van der Waals surface area contributed by atoms with E-state index in [4.69, 9.17) is 0 Å². The molecule has 2 heteroatoms. The first kappa shape index (κ1) is 15.0. The zero-order valence-corrected chi connectivity index (χ0v) is 13.3.